The fraction of sp³-hybridized carbons (Fsp3) is 0.130. The second-order valence-corrected chi connectivity index (χ2v) is 7.54. The number of rotatable bonds is 6. The van der Waals surface area contributed by atoms with E-state index in [-0.39, 0.29) is 5.91 Å². The third kappa shape index (κ3) is 3.92. The van der Waals surface area contributed by atoms with E-state index in [1.54, 1.807) is 13.2 Å². The topological polar surface area (TPSA) is 86.5 Å². The van der Waals surface area contributed by atoms with Crippen LogP contribution < -0.4 is 20.5 Å². The van der Waals surface area contributed by atoms with Gasteiger partial charge in [0, 0.05) is 22.7 Å². The molecule has 2 aromatic heterocycles. The van der Waals surface area contributed by atoms with Gasteiger partial charge in [-0.3, -0.25) is 4.79 Å². The molecule has 0 radical (unpaired) electrons. The van der Waals surface area contributed by atoms with Gasteiger partial charge in [0.25, 0.3) is 5.91 Å². The molecule has 0 saturated heterocycles. The van der Waals surface area contributed by atoms with Gasteiger partial charge in [-0.05, 0) is 55.5 Å². The van der Waals surface area contributed by atoms with Crippen molar-refractivity contribution in [2.75, 3.05) is 24.8 Å². The van der Waals surface area contributed by atoms with Crippen molar-refractivity contribution in [3.05, 3.63) is 65.5 Å². The summed E-state index contributed by atoms with van der Waals surface area (Å²) in [6.07, 6.45) is 0. The number of aromatic nitrogens is 1. The normalized spacial score (nSPS) is 10.7. The number of hydrogen-bond acceptors (Lipinski definition) is 6. The summed E-state index contributed by atoms with van der Waals surface area (Å²) in [6.45, 7) is 2.47. The first-order chi connectivity index (χ1) is 14.6. The van der Waals surface area contributed by atoms with Gasteiger partial charge in [0.15, 0.2) is 0 Å². The number of hydrogen-bond donors (Lipinski definition) is 2. The van der Waals surface area contributed by atoms with Crippen LogP contribution in [-0.2, 0) is 0 Å². The quantitative estimate of drug-likeness (QED) is 0.448. The molecular formula is C23H21N3O3S. The third-order valence-corrected chi connectivity index (χ3v) is 5.70. The van der Waals surface area contributed by atoms with Crippen LogP contribution in [0.4, 0.5) is 11.4 Å². The van der Waals surface area contributed by atoms with E-state index in [0.29, 0.717) is 33.4 Å². The summed E-state index contributed by atoms with van der Waals surface area (Å²) in [6, 6.07) is 18.7. The van der Waals surface area contributed by atoms with Crippen LogP contribution in [0.2, 0.25) is 0 Å². The van der Waals surface area contributed by atoms with Gasteiger partial charge in [-0.1, -0.05) is 6.07 Å². The molecule has 0 bridgehead atoms. The highest BCUT2D eigenvalue weighted by Crippen LogP contribution is 2.35. The van der Waals surface area contributed by atoms with E-state index in [1.807, 2.05) is 61.5 Å². The minimum Gasteiger partial charge on any atom is -0.497 e. The molecule has 0 aliphatic rings. The first-order valence-electron chi connectivity index (χ1n) is 9.46. The Kier molecular flexibility index (Phi) is 5.54. The van der Waals surface area contributed by atoms with Gasteiger partial charge >= 0.3 is 0 Å². The molecule has 0 aliphatic carbocycles. The smallest absolute Gasteiger partial charge is 0.267 e. The van der Waals surface area contributed by atoms with Gasteiger partial charge in [0.05, 0.1) is 25.1 Å². The highest BCUT2D eigenvalue weighted by atomic mass is 32.1. The summed E-state index contributed by atoms with van der Waals surface area (Å²) in [5.74, 6) is 1.22. The van der Waals surface area contributed by atoms with Crippen LogP contribution in [0.1, 0.15) is 16.6 Å². The van der Waals surface area contributed by atoms with Crippen molar-refractivity contribution >= 4 is 38.8 Å². The molecular weight excluding hydrogens is 398 g/mol. The molecule has 30 heavy (non-hydrogen) atoms. The number of anilines is 2. The summed E-state index contributed by atoms with van der Waals surface area (Å²) in [4.78, 5) is 18.7. The van der Waals surface area contributed by atoms with Crippen molar-refractivity contribution in [1.29, 1.82) is 0 Å². The van der Waals surface area contributed by atoms with Gasteiger partial charge in [-0.2, -0.15) is 0 Å². The number of benzene rings is 2. The van der Waals surface area contributed by atoms with Crippen LogP contribution in [0.3, 0.4) is 0 Å². The molecule has 7 heteroatoms. The van der Waals surface area contributed by atoms with E-state index in [1.165, 1.54) is 11.3 Å². The number of thiophene rings is 1. The first kappa shape index (κ1) is 19.7. The number of methoxy groups -OCH3 is 1. The molecule has 0 unspecified atom stereocenters. The lowest BCUT2D eigenvalue weighted by Gasteiger charge is -2.07. The lowest BCUT2D eigenvalue weighted by molar-refractivity contribution is 0.103. The summed E-state index contributed by atoms with van der Waals surface area (Å²) < 4.78 is 10.7. The Labute approximate surface area is 178 Å². The molecule has 4 rings (SSSR count). The predicted molar refractivity (Wildman–Crippen MR) is 122 cm³/mol. The predicted octanol–water partition coefficient (Wildman–Crippen LogP) is 5.21. The van der Waals surface area contributed by atoms with Gasteiger partial charge in [0.1, 0.15) is 21.2 Å². The standard InChI is InChI=1S/C23H21N3O3S/c1-3-29-17-6-4-5-15(13-17)25-22(27)21-20(24)18-11-12-19(26-23(18)30-21)14-7-9-16(28-2)10-8-14/h4-13H,3,24H2,1-2H3,(H,25,27). The molecule has 2 aromatic carbocycles. The van der Waals surface area contributed by atoms with Crippen LogP contribution in [0.15, 0.2) is 60.7 Å². The average Bonchev–Trinajstić information content (AvgIpc) is 3.10. The molecule has 2 heterocycles. The average molecular weight is 420 g/mol. The monoisotopic (exact) mass is 419 g/mol. The van der Waals surface area contributed by atoms with E-state index in [0.717, 1.165) is 22.4 Å². The van der Waals surface area contributed by atoms with Crippen molar-refractivity contribution in [2.24, 2.45) is 0 Å². The minimum absolute atomic E-state index is 0.268. The summed E-state index contributed by atoms with van der Waals surface area (Å²) >= 11 is 1.28. The zero-order valence-corrected chi connectivity index (χ0v) is 17.5. The molecule has 0 atom stereocenters. The molecule has 3 N–H and O–H groups in total. The molecule has 4 aromatic rings. The van der Waals surface area contributed by atoms with E-state index < -0.39 is 0 Å². The Morgan fingerprint density at radius 1 is 1.10 bits per heavy atom. The van der Waals surface area contributed by atoms with Crippen LogP contribution in [-0.4, -0.2) is 24.6 Å². The molecule has 152 valence electrons. The number of fused-ring (bicyclic) bond motifs is 1. The second kappa shape index (κ2) is 8.42. The Balaban J connectivity index is 1.62. The van der Waals surface area contributed by atoms with E-state index >= 15 is 0 Å². The number of amides is 1. The van der Waals surface area contributed by atoms with Crippen molar-refractivity contribution in [2.45, 2.75) is 6.92 Å². The SMILES string of the molecule is CCOc1cccc(NC(=O)c2sc3nc(-c4ccc(OC)cc4)ccc3c2N)c1. The maximum atomic E-state index is 12.8. The lowest BCUT2D eigenvalue weighted by Crippen LogP contribution is -2.12. The molecule has 0 saturated carbocycles. The van der Waals surface area contributed by atoms with E-state index in [2.05, 4.69) is 5.32 Å². The lowest BCUT2D eigenvalue weighted by atomic mass is 10.1. The van der Waals surface area contributed by atoms with Crippen LogP contribution in [0.5, 0.6) is 11.5 Å². The fourth-order valence-electron chi connectivity index (χ4n) is 3.11. The van der Waals surface area contributed by atoms with Crippen molar-refractivity contribution in [3.63, 3.8) is 0 Å². The highest BCUT2D eigenvalue weighted by molar-refractivity contribution is 7.21. The molecule has 0 spiro atoms. The van der Waals surface area contributed by atoms with Crippen molar-refractivity contribution < 1.29 is 14.3 Å². The summed E-state index contributed by atoms with van der Waals surface area (Å²) in [7, 11) is 1.63. The number of pyridine rings is 1. The molecule has 6 nitrogen and oxygen atoms in total. The minimum atomic E-state index is -0.268. The molecule has 0 aliphatic heterocycles. The largest absolute Gasteiger partial charge is 0.497 e. The van der Waals surface area contributed by atoms with Crippen molar-refractivity contribution in [3.8, 4) is 22.8 Å². The maximum Gasteiger partial charge on any atom is 0.267 e. The molecule has 0 fully saturated rings. The Hall–Kier alpha value is -3.58. The van der Waals surface area contributed by atoms with Gasteiger partial charge in [0.2, 0.25) is 0 Å². The Morgan fingerprint density at radius 2 is 1.90 bits per heavy atom. The van der Waals surface area contributed by atoms with E-state index in [9.17, 15) is 4.79 Å². The summed E-state index contributed by atoms with van der Waals surface area (Å²) in [5.41, 5.74) is 9.12. The summed E-state index contributed by atoms with van der Waals surface area (Å²) in [5, 5.41) is 3.66. The Bertz CT molecular complexity index is 1200. The number of nitrogens with zero attached hydrogens (tertiary/aromatic N) is 1. The van der Waals surface area contributed by atoms with Gasteiger partial charge in [-0.25, -0.2) is 4.98 Å². The van der Waals surface area contributed by atoms with Gasteiger partial charge < -0.3 is 20.5 Å². The number of ether oxygens (including phenoxy) is 2. The maximum absolute atomic E-state index is 12.8. The number of nitrogens with one attached hydrogen (secondary N) is 1. The zero-order valence-electron chi connectivity index (χ0n) is 16.6. The first-order valence-corrected chi connectivity index (χ1v) is 10.3. The van der Waals surface area contributed by atoms with E-state index in [4.69, 9.17) is 20.2 Å². The number of carbonyl (C=O) groups excluding carboxylic acids is 1. The number of carbonyl (C=O) groups is 1. The number of nitrogen functional groups attached to an aromatic ring is 1. The number of nitrogens with two attached hydrogens (primary N) is 1. The molecule has 1 amide bonds. The highest BCUT2D eigenvalue weighted by Gasteiger charge is 2.18. The van der Waals surface area contributed by atoms with Crippen LogP contribution >= 0.6 is 11.3 Å². The zero-order chi connectivity index (χ0) is 21.1. The van der Waals surface area contributed by atoms with Crippen LogP contribution in [0, 0.1) is 0 Å². The fourth-order valence-corrected chi connectivity index (χ4v) is 4.10. The second-order valence-electron chi connectivity index (χ2n) is 6.54. The van der Waals surface area contributed by atoms with Crippen molar-refractivity contribution in [1.82, 2.24) is 4.98 Å². The Morgan fingerprint density at radius 3 is 2.63 bits per heavy atom. The third-order valence-electron chi connectivity index (χ3n) is 4.59. The van der Waals surface area contributed by atoms with Crippen LogP contribution in [0.25, 0.3) is 21.5 Å². The van der Waals surface area contributed by atoms with Gasteiger partial charge in [-0.15, -0.1) is 11.3 Å².